The van der Waals surface area contributed by atoms with Crippen LogP contribution in [-0.4, -0.2) is 66.5 Å². The largest absolute Gasteiger partial charge is 0.339 e. The molecule has 1 heterocycles. The molecule has 18 heavy (non-hydrogen) atoms. The highest BCUT2D eigenvalue weighted by molar-refractivity contribution is 7.99. The molecule has 1 amide bonds. The van der Waals surface area contributed by atoms with Gasteiger partial charge in [-0.25, -0.2) is 0 Å². The van der Waals surface area contributed by atoms with Crippen LogP contribution < -0.4 is 5.73 Å². The summed E-state index contributed by atoms with van der Waals surface area (Å²) in [5.41, 5.74) is 6.05. The molecular formula is C13H27N3OS. The topological polar surface area (TPSA) is 49.6 Å². The second kappa shape index (κ2) is 6.78. The van der Waals surface area contributed by atoms with Crippen LogP contribution in [0.3, 0.4) is 0 Å². The summed E-state index contributed by atoms with van der Waals surface area (Å²) >= 11 is 1.84. The Balaban J connectivity index is 2.66. The van der Waals surface area contributed by atoms with Crippen molar-refractivity contribution >= 4 is 17.7 Å². The highest BCUT2D eigenvalue weighted by atomic mass is 32.2. The normalized spacial score (nSPS) is 27.6. The van der Waals surface area contributed by atoms with Crippen LogP contribution in [0.4, 0.5) is 0 Å². The van der Waals surface area contributed by atoms with E-state index in [1.807, 2.05) is 23.6 Å². The summed E-state index contributed by atoms with van der Waals surface area (Å²) in [6, 6.07) is 0.0894. The van der Waals surface area contributed by atoms with E-state index in [1.54, 1.807) is 0 Å². The number of thioether (sulfide) groups is 1. The minimum absolute atomic E-state index is 0.118. The van der Waals surface area contributed by atoms with Crippen molar-refractivity contribution in [2.75, 3.05) is 33.4 Å². The van der Waals surface area contributed by atoms with Crippen molar-refractivity contribution in [3.63, 3.8) is 0 Å². The van der Waals surface area contributed by atoms with Crippen LogP contribution >= 0.6 is 11.8 Å². The average molecular weight is 273 g/mol. The molecule has 4 nitrogen and oxygen atoms in total. The third-order valence-corrected chi connectivity index (χ3v) is 5.13. The van der Waals surface area contributed by atoms with E-state index in [1.165, 1.54) is 0 Å². The van der Waals surface area contributed by atoms with Gasteiger partial charge < -0.3 is 15.5 Å². The van der Waals surface area contributed by atoms with E-state index < -0.39 is 0 Å². The molecule has 0 spiro atoms. The van der Waals surface area contributed by atoms with Crippen LogP contribution in [0.5, 0.6) is 0 Å². The molecule has 0 saturated carbocycles. The van der Waals surface area contributed by atoms with Gasteiger partial charge >= 0.3 is 0 Å². The van der Waals surface area contributed by atoms with Gasteiger partial charge in [0.05, 0.1) is 6.04 Å². The van der Waals surface area contributed by atoms with Gasteiger partial charge in [-0.15, -0.1) is 0 Å². The highest BCUT2D eigenvalue weighted by Gasteiger charge is 2.38. The number of likely N-dealkylation sites (N-methyl/N-ethyl adjacent to an activating group) is 1. The first-order valence-electron chi connectivity index (χ1n) is 6.65. The monoisotopic (exact) mass is 273 g/mol. The van der Waals surface area contributed by atoms with Gasteiger partial charge in [0.2, 0.25) is 5.91 Å². The molecule has 1 rings (SSSR count). The standard InChI is InChI=1S/C13H27N3OS/c1-6-9(2)12(14)13(17)16-7-10(15(3)4)11(8-16)18-5/h9-12H,6-8,14H2,1-5H3. The van der Waals surface area contributed by atoms with Gasteiger partial charge in [-0.3, -0.25) is 4.79 Å². The molecule has 0 aliphatic carbocycles. The van der Waals surface area contributed by atoms with Crippen LogP contribution in [-0.2, 0) is 4.79 Å². The average Bonchev–Trinajstić information content (AvgIpc) is 2.80. The first kappa shape index (κ1) is 15.8. The number of hydrogen-bond acceptors (Lipinski definition) is 4. The Labute approximate surface area is 115 Å². The summed E-state index contributed by atoms with van der Waals surface area (Å²) in [5, 5.41) is 0.494. The van der Waals surface area contributed by atoms with E-state index in [2.05, 4.69) is 32.2 Å². The van der Waals surface area contributed by atoms with Crippen LogP contribution in [0.15, 0.2) is 0 Å². The zero-order chi connectivity index (χ0) is 13.9. The van der Waals surface area contributed by atoms with Crippen molar-refractivity contribution in [3.8, 4) is 0 Å². The lowest BCUT2D eigenvalue weighted by atomic mass is 9.99. The van der Waals surface area contributed by atoms with Gasteiger partial charge in [-0.05, 0) is 26.3 Å². The van der Waals surface area contributed by atoms with E-state index >= 15 is 0 Å². The Morgan fingerprint density at radius 2 is 2.11 bits per heavy atom. The SMILES string of the molecule is CCC(C)C(N)C(=O)N1CC(SC)C(N(C)C)C1. The quantitative estimate of drug-likeness (QED) is 0.807. The summed E-state index contributed by atoms with van der Waals surface area (Å²) in [6.07, 6.45) is 3.06. The van der Waals surface area contributed by atoms with Crippen molar-refractivity contribution in [3.05, 3.63) is 0 Å². The summed E-state index contributed by atoms with van der Waals surface area (Å²) in [7, 11) is 4.16. The second-order valence-corrected chi connectivity index (χ2v) is 6.54. The van der Waals surface area contributed by atoms with Crippen LogP contribution in [0.1, 0.15) is 20.3 Å². The summed E-state index contributed by atoms with van der Waals surface area (Å²) in [4.78, 5) is 16.5. The number of carbonyl (C=O) groups excluding carboxylic acids is 1. The number of hydrogen-bond donors (Lipinski definition) is 1. The smallest absolute Gasteiger partial charge is 0.239 e. The molecule has 106 valence electrons. The predicted molar refractivity (Wildman–Crippen MR) is 78.8 cm³/mol. The van der Waals surface area contributed by atoms with Crippen LogP contribution in [0, 0.1) is 5.92 Å². The molecule has 1 fully saturated rings. The number of nitrogens with zero attached hydrogens (tertiary/aromatic N) is 2. The van der Waals surface area contributed by atoms with Crippen molar-refractivity contribution in [2.45, 2.75) is 37.6 Å². The van der Waals surface area contributed by atoms with Gasteiger partial charge in [-0.1, -0.05) is 20.3 Å². The number of amides is 1. The van der Waals surface area contributed by atoms with Crippen LogP contribution in [0.2, 0.25) is 0 Å². The molecule has 4 unspecified atom stereocenters. The van der Waals surface area contributed by atoms with Crippen molar-refractivity contribution in [2.24, 2.45) is 11.7 Å². The number of likely N-dealkylation sites (tertiary alicyclic amines) is 1. The molecule has 4 atom stereocenters. The zero-order valence-corrected chi connectivity index (χ0v) is 13.0. The Morgan fingerprint density at radius 3 is 2.50 bits per heavy atom. The first-order chi connectivity index (χ1) is 8.42. The highest BCUT2D eigenvalue weighted by Crippen LogP contribution is 2.25. The number of carbonyl (C=O) groups is 1. The Hall–Kier alpha value is -0.260. The second-order valence-electron chi connectivity index (χ2n) is 5.46. The van der Waals surface area contributed by atoms with Gasteiger partial charge in [-0.2, -0.15) is 11.8 Å². The molecule has 0 aromatic carbocycles. The lowest BCUT2D eigenvalue weighted by Crippen LogP contribution is -2.47. The fourth-order valence-electron chi connectivity index (χ4n) is 2.37. The maximum Gasteiger partial charge on any atom is 0.239 e. The van der Waals surface area contributed by atoms with E-state index in [4.69, 9.17) is 5.73 Å². The molecule has 0 aromatic heterocycles. The van der Waals surface area contributed by atoms with Crippen LogP contribution in [0.25, 0.3) is 0 Å². The summed E-state index contributed by atoms with van der Waals surface area (Å²) < 4.78 is 0. The molecule has 0 bridgehead atoms. The Morgan fingerprint density at radius 1 is 1.50 bits per heavy atom. The van der Waals surface area contributed by atoms with E-state index in [-0.39, 0.29) is 17.9 Å². The van der Waals surface area contributed by atoms with Gasteiger partial charge in [0.25, 0.3) is 0 Å². The molecule has 0 radical (unpaired) electrons. The van der Waals surface area contributed by atoms with E-state index in [0.717, 1.165) is 19.5 Å². The summed E-state index contributed by atoms with van der Waals surface area (Å²) in [6.45, 7) is 5.76. The fourth-order valence-corrected chi connectivity index (χ4v) is 3.35. The lowest BCUT2D eigenvalue weighted by Gasteiger charge is -2.25. The Kier molecular flexibility index (Phi) is 5.95. The fraction of sp³-hybridized carbons (Fsp3) is 0.923. The number of rotatable bonds is 5. The minimum Gasteiger partial charge on any atom is -0.339 e. The molecule has 5 heteroatoms. The van der Waals surface area contributed by atoms with E-state index in [9.17, 15) is 4.79 Å². The zero-order valence-electron chi connectivity index (χ0n) is 12.2. The maximum absolute atomic E-state index is 12.3. The van der Waals surface area contributed by atoms with Crippen molar-refractivity contribution < 1.29 is 4.79 Å². The lowest BCUT2D eigenvalue weighted by molar-refractivity contribution is -0.132. The van der Waals surface area contributed by atoms with Gasteiger partial charge in [0.1, 0.15) is 0 Å². The molecule has 0 aromatic rings. The van der Waals surface area contributed by atoms with Gasteiger partial charge in [0, 0.05) is 24.4 Å². The summed E-state index contributed by atoms with van der Waals surface area (Å²) in [5.74, 6) is 0.372. The van der Waals surface area contributed by atoms with E-state index in [0.29, 0.717) is 11.3 Å². The molecule has 1 saturated heterocycles. The minimum atomic E-state index is -0.349. The Bertz CT molecular complexity index is 285. The number of nitrogens with two attached hydrogens (primary N) is 1. The molecule has 1 aliphatic rings. The van der Waals surface area contributed by atoms with Crippen molar-refractivity contribution in [1.82, 2.24) is 9.80 Å². The first-order valence-corrected chi connectivity index (χ1v) is 7.94. The third-order valence-electron chi connectivity index (χ3n) is 4.06. The predicted octanol–water partition coefficient (Wildman–Crippen LogP) is 0.864. The van der Waals surface area contributed by atoms with Crippen molar-refractivity contribution in [1.29, 1.82) is 0 Å². The van der Waals surface area contributed by atoms with Gasteiger partial charge in [0.15, 0.2) is 0 Å². The third kappa shape index (κ3) is 3.39. The molecular weight excluding hydrogens is 246 g/mol. The molecule has 2 N–H and O–H groups in total. The molecule has 1 aliphatic heterocycles. The maximum atomic E-state index is 12.3.